The van der Waals surface area contributed by atoms with E-state index in [-0.39, 0.29) is 5.41 Å². The van der Waals surface area contributed by atoms with E-state index in [1.807, 2.05) is 18.2 Å². The maximum absolute atomic E-state index is 12.9. The highest BCUT2D eigenvalue weighted by atomic mass is 16.2. The van der Waals surface area contributed by atoms with E-state index in [0.717, 1.165) is 25.9 Å². The number of hydrogen-bond donors (Lipinski definition) is 1. The second-order valence-electron chi connectivity index (χ2n) is 6.06. The lowest BCUT2D eigenvalue weighted by Gasteiger charge is -2.39. The van der Waals surface area contributed by atoms with E-state index in [1.165, 1.54) is 5.56 Å². The fourth-order valence-electron chi connectivity index (χ4n) is 3.09. The van der Waals surface area contributed by atoms with Gasteiger partial charge < -0.3 is 10.2 Å². The Kier molecular flexibility index (Phi) is 3.09. The summed E-state index contributed by atoms with van der Waals surface area (Å²) < 4.78 is 0. The molecule has 1 saturated carbocycles. The Balaban J connectivity index is 1.84. The standard InChI is InChI=1S/C16H22N2O/c1-12-11-18(13(2)10-17-12)15(19)16(8-9-16)14-6-4-3-5-7-14/h3-7,12-13,17H,8-11H2,1-2H3. The molecule has 0 spiro atoms. The molecule has 3 heteroatoms. The van der Waals surface area contributed by atoms with Crippen LogP contribution in [0.4, 0.5) is 0 Å². The Bertz CT molecular complexity index is 467. The van der Waals surface area contributed by atoms with Gasteiger partial charge in [0.15, 0.2) is 0 Å². The molecule has 19 heavy (non-hydrogen) atoms. The summed E-state index contributed by atoms with van der Waals surface area (Å²) in [5.41, 5.74) is 0.977. The zero-order valence-corrected chi connectivity index (χ0v) is 11.7. The lowest BCUT2D eigenvalue weighted by atomic mass is 9.93. The highest BCUT2D eigenvalue weighted by molar-refractivity contribution is 5.91. The van der Waals surface area contributed by atoms with Gasteiger partial charge in [-0.3, -0.25) is 4.79 Å². The third kappa shape index (κ3) is 2.16. The molecule has 1 heterocycles. The summed E-state index contributed by atoms with van der Waals surface area (Å²) in [6.07, 6.45) is 2.00. The number of carbonyl (C=O) groups is 1. The monoisotopic (exact) mass is 258 g/mol. The Morgan fingerprint density at radius 2 is 1.95 bits per heavy atom. The third-order valence-electron chi connectivity index (χ3n) is 4.51. The second kappa shape index (κ2) is 4.64. The molecule has 3 nitrogen and oxygen atoms in total. The predicted molar refractivity (Wildman–Crippen MR) is 76.0 cm³/mol. The number of hydrogen-bond acceptors (Lipinski definition) is 2. The molecule has 1 aliphatic heterocycles. The van der Waals surface area contributed by atoms with Crippen molar-refractivity contribution < 1.29 is 4.79 Å². The van der Waals surface area contributed by atoms with Crippen LogP contribution in [0.5, 0.6) is 0 Å². The number of carbonyl (C=O) groups excluding carboxylic acids is 1. The fourth-order valence-corrected chi connectivity index (χ4v) is 3.09. The summed E-state index contributed by atoms with van der Waals surface area (Å²) in [4.78, 5) is 15.0. The van der Waals surface area contributed by atoms with Crippen molar-refractivity contribution in [1.82, 2.24) is 10.2 Å². The second-order valence-corrected chi connectivity index (χ2v) is 6.06. The molecule has 0 bridgehead atoms. The largest absolute Gasteiger partial charge is 0.336 e. The summed E-state index contributed by atoms with van der Waals surface area (Å²) in [5.74, 6) is 0.333. The first-order valence-corrected chi connectivity index (χ1v) is 7.23. The molecule has 1 amide bonds. The van der Waals surface area contributed by atoms with E-state index in [0.29, 0.717) is 18.0 Å². The van der Waals surface area contributed by atoms with Crippen LogP contribution in [-0.4, -0.2) is 36.0 Å². The van der Waals surface area contributed by atoms with Gasteiger partial charge >= 0.3 is 0 Å². The van der Waals surface area contributed by atoms with Gasteiger partial charge in [0, 0.05) is 25.2 Å². The van der Waals surface area contributed by atoms with Crippen molar-refractivity contribution in [3.05, 3.63) is 35.9 Å². The van der Waals surface area contributed by atoms with Crippen LogP contribution in [-0.2, 0) is 10.2 Å². The van der Waals surface area contributed by atoms with Crippen LogP contribution in [0.3, 0.4) is 0 Å². The zero-order valence-electron chi connectivity index (χ0n) is 11.7. The SMILES string of the molecule is CC1CN(C(=O)C2(c3ccccc3)CC2)C(C)CN1. The molecule has 3 rings (SSSR count). The highest BCUT2D eigenvalue weighted by Gasteiger charge is 2.53. The molecule has 1 aliphatic carbocycles. The van der Waals surface area contributed by atoms with Gasteiger partial charge in [0.25, 0.3) is 0 Å². The molecule has 1 aromatic rings. The van der Waals surface area contributed by atoms with Gasteiger partial charge in [-0.05, 0) is 32.3 Å². The quantitative estimate of drug-likeness (QED) is 0.879. The molecule has 0 aromatic heterocycles. The summed E-state index contributed by atoms with van der Waals surface area (Å²) >= 11 is 0. The Morgan fingerprint density at radius 3 is 2.58 bits per heavy atom. The number of rotatable bonds is 2. The smallest absolute Gasteiger partial charge is 0.233 e. The van der Waals surface area contributed by atoms with E-state index in [2.05, 4.69) is 36.2 Å². The number of benzene rings is 1. The Hall–Kier alpha value is -1.35. The van der Waals surface area contributed by atoms with E-state index in [4.69, 9.17) is 0 Å². The van der Waals surface area contributed by atoms with Crippen LogP contribution in [0.25, 0.3) is 0 Å². The summed E-state index contributed by atoms with van der Waals surface area (Å²) in [7, 11) is 0. The van der Waals surface area contributed by atoms with Gasteiger partial charge in [-0.15, -0.1) is 0 Å². The topological polar surface area (TPSA) is 32.3 Å². The van der Waals surface area contributed by atoms with Crippen molar-refractivity contribution in [3.8, 4) is 0 Å². The molecule has 2 fully saturated rings. The molecule has 1 saturated heterocycles. The van der Waals surface area contributed by atoms with Crippen molar-refractivity contribution in [1.29, 1.82) is 0 Å². The van der Waals surface area contributed by atoms with E-state index < -0.39 is 0 Å². The first kappa shape index (κ1) is 12.7. The van der Waals surface area contributed by atoms with E-state index >= 15 is 0 Å². The molecule has 102 valence electrons. The van der Waals surface area contributed by atoms with Gasteiger partial charge in [-0.1, -0.05) is 30.3 Å². The minimum Gasteiger partial charge on any atom is -0.336 e. The molecule has 0 radical (unpaired) electrons. The van der Waals surface area contributed by atoms with Crippen LogP contribution in [0.15, 0.2) is 30.3 Å². The summed E-state index contributed by atoms with van der Waals surface area (Å²) in [6.45, 7) is 6.01. The molecule has 2 unspecified atom stereocenters. The average Bonchev–Trinajstić information content (AvgIpc) is 3.23. The van der Waals surface area contributed by atoms with Crippen LogP contribution in [0.1, 0.15) is 32.3 Å². The molecule has 2 aliphatic rings. The van der Waals surface area contributed by atoms with E-state index in [1.54, 1.807) is 0 Å². The number of piperazine rings is 1. The van der Waals surface area contributed by atoms with Crippen molar-refractivity contribution >= 4 is 5.91 Å². The van der Waals surface area contributed by atoms with Gasteiger partial charge in [0.1, 0.15) is 0 Å². The van der Waals surface area contributed by atoms with Crippen molar-refractivity contribution in [2.24, 2.45) is 0 Å². The van der Waals surface area contributed by atoms with Crippen molar-refractivity contribution in [2.45, 2.75) is 44.2 Å². The van der Waals surface area contributed by atoms with Crippen LogP contribution < -0.4 is 5.32 Å². The Morgan fingerprint density at radius 1 is 1.26 bits per heavy atom. The van der Waals surface area contributed by atoms with Gasteiger partial charge in [0.2, 0.25) is 5.91 Å². The third-order valence-corrected chi connectivity index (χ3v) is 4.51. The molecule has 1 N–H and O–H groups in total. The summed E-state index contributed by atoms with van der Waals surface area (Å²) in [6, 6.07) is 11.0. The van der Waals surface area contributed by atoms with Gasteiger partial charge in [0.05, 0.1) is 5.41 Å². The lowest BCUT2D eigenvalue weighted by Crippen LogP contribution is -2.58. The fraction of sp³-hybridized carbons (Fsp3) is 0.562. The molecular weight excluding hydrogens is 236 g/mol. The predicted octanol–water partition coefficient (Wildman–Crippen LogP) is 1.93. The average molecular weight is 258 g/mol. The minimum absolute atomic E-state index is 0.216. The van der Waals surface area contributed by atoms with Crippen LogP contribution in [0.2, 0.25) is 0 Å². The first-order valence-electron chi connectivity index (χ1n) is 7.23. The number of amides is 1. The van der Waals surface area contributed by atoms with Crippen LogP contribution >= 0.6 is 0 Å². The molecule has 2 atom stereocenters. The Labute approximate surface area is 115 Å². The molecule has 1 aromatic carbocycles. The normalized spacial score (nSPS) is 29.1. The number of nitrogens with zero attached hydrogens (tertiary/aromatic N) is 1. The first-order chi connectivity index (χ1) is 9.13. The van der Waals surface area contributed by atoms with Gasteiger partial charge in [-0.25, -0.2) is 0 Å². The van der Waals surface area contributed by atoms with E-state index in [9.17, 15) is 4.79 Å². The number of nitrogens with one attached hydrogen (secondary N) is 1. The summed E-state index contributed by atoms with van der Waals surface area (Å²) in [5, 5.41) is 3.43. The maximum atomic E-state index is 12.9. The van der Waals surface area contributed by atoms with Crippen LogP contribution in [0, 0.1) is 0 Å². The van der Waals surface area contributed by atoms with Crippen molar-refractivity contribution in [2.75, 3.05) is 13.1 Å². The zero-order chi connectivity index (χ0) is 13.5. The lowest BCUT2D eigenvalue weighted by molar-refractivity contribution is -0.137. The van der Waals surface area contributed by atoms with Gasteiger partial charge in [-0.2, -0.15) is 0 Å². The molecular formula is C16H22N2O. The van der Waals surface area contributed by atoms with Crippen molar-refractivity contribution in [3.63, 3.8) is 0 Å². The minimum atomic E-state index is -0.216. The maximum Gasteiger partial charge on any atom is 0.233 e. The highest BCUT2D eigenvalue weighted by Crippen LogP contribution is 2.49.